The van der Waals surface area contributed by atoms with E-state index >= 15 is 0 Å². The van der Waals surface area contributed by atoms with E-state index in [4.69, 9.17) is 0 Å². The molecule has 1 aromatic carbocycles. The van der Waals surface area contributed by atoms with E-state index in [0.29, 0.717) is 6.04 Å². The molecule has 4 heterocycles. The molecule has 6 heteroatoms. The zero-order valence-corrected chi connectivity index (χ0v) is 15.0. The van der Waals surface area contributed by atoms with Crippen LogP contribution in [0.5, 0.6) is 0 Å². The summed E-state index contributed by atoms with van der Waals surface area (Å²) in [5, 5.41) is 8.27. The van der Waals surface area contributed by atoms with E-state index in [0.717, 1.165) is 25.5 Å². The second kappa shape index (κ2) is 7.45. The fourth-order valence-electron chi connectivity index (χ4n) is 4.01. The average molecular weight is 340 g/mol. The summed E-state index contributed by atoms with van der Waals surface area (Å²) in [5.74, 6) is 0.900. The normalized spacial score (nSPS) is 26.1. The Morgan fingerprint density at radius 1 is 1.20 bits per heavy atom. The largest absolute Gasteiger partial charge is 0.361 e. The summed E-state index contributed by atoms with van der Waals surface area (Å²) < 4.78 is 0. The van der Waals surface area contributed by atoms with E-state index in [1.54, 1.807) is 0 Å². The molecule has 3 fully saturated rings. The van der Waals surface area contributed by atoms with Gasteiger partial charge in [0.05, 0.1) is 0 Å². The molecule has 3 aliphatic heterocycles. The predicted molar refractivity (Wildman–Crippen MR) is 103 cm³/mol. The minimum absolute atomic E-state index is 0.606. The van der Waals surface area contributed by atoms with Gasteiger partial charge in [-0.2, -0.15) is 0 Å². The molecule has 0 amide bonds. The molecule has 3 saturated heterocycles. The molecule has 3 N–H and O–H groups in total. The van der Waals surface area contributed by atoms with Gasteiger partial charge in [-0.25, -0.2) is 0 Å². The highest BCUT2D eigenvalue weighted by Gasteiger charge is 2.31. The summed E-state index contributed by atoms with van der Waals surface area (Å²) in [4.78, 5) is 12.9. The van der Waals surface area contributed by atoms with Gasteiger partial charge in [0.15, 0.2) is 5.96 Å². The number of hydrogen-bond acceptors (Lipinski definition) is 3. The van der Waals surface area contributed by atoms with Crippen molar-refractivity contribution in [2.75, 3.05) is 52.9 Å². The Labute approximate surface area is 149 Å². The number of aliphatic imine (C=N–C) groups is 1. The fraction of sp³-hybridized carbons (Fsp3) is 0.526. The van der Waals surface area contributed by atoms with Gasteiger partial charge in [-0.3, -0.25) is 14.8 Å². The second-order valence-corrected chi connectivity index (χ2v) is 6.98. The average Bonchev–Trinajstić information content (AvgIpc) is 3.09. The van der Waals surface area contributed by atoms with Crippen LogP contribution in [-0.2, 0) is 6.42 Å². The highest BCUT2D eigenvalue weighted by molar-refractivity contribution is 5.83. The quantitative estimate of drug-likeness (QED) is 0.559. The van der Waals surface area contributed by atoms with Crippen molar-refractivity contribution in [3.8, 4) is 0 Å². The first-order valence-electron chi connectivity index (χ1n) is 9.29. The first-order valence-corrected chi connectivity index (χ1v) is 9.29. The minimum atomic E-state index is 0.606. The number of fused-ring (bicyclic) bond motifs is 4. The van der Waals surface area contributed by atoms with Crippen molar-refractivity contribution in [3.63, 3.8) is 0 Å². The van der Waals surface area contributed by atoms with Crippen molar-refractivity contribution in [2.45, 2.75) is 12.5 Å². The Kier molecular flexibility index (Phi) is 4.90. The molecule has 0 saturated carbocycles. The molecule has 3 aliphatic rings. The second-order valence-electron chi connectivity index (χ2n) is 6.98. The van der Waals surface area contributed by atoms with Gasteiger partial charge >= 0.3 is 0 Å². The first kappa shape index (κ1) is 16.4. The number of hydrogen-bond donors (Lipinski definition) is 3. The maximum atomic E-state index is 4.37. The Morgan fingerprint density at radius 2 is 2.04 bits per heavy atom. The van der Waals surface area contributed by atoms with Crippen LogP contribution in [0.2, 0.25) is 0 Å². The lowest BCUT2D eigenvalue weighted by atomic mass is 10.1. The Bertz CT molecular complexity index is 728. The zero-order valence-electron chi connectivity index (χ0n) is 15.0. The van der Waals surface area contributed by atoms with Gasteiger partial charge in [-0.1, -0.05) is 18.2 Å². The summed E-state index contributed by atoms with van der Waals surface area (Å²) >= 11 is 0. The molecule has 2 bridgehead atoms. The smallest absolute Gasteiger partial charge is 0.191 e. The molecule has 0 spiro atoms. The van der Waals surface area contributed by atoms with E-state index in [-0.39, 0.29) is 0 Å². The van der Waals surface area contributed by atoms with Crippen LogP contribution in [0, 0.1) is 0 Å². The van der Waals surface area contributed by atoms with E-state index in [9.17, 15) is 0 Å². The molecule has 1 atom stereocenters. The van der Waals surface area contributed by atoms with Crippen molar-refractivity contribution < 1.29 is 0 Å². The van der Waals surface area contributed by atoms with Gasteiger partial charge in [0, 0.05) is 76.0 Å². The molecule has 6 nitrogen and oxygen atoms in total. The third kappa shape index (κ3) is 3.65. The van der Waals surface area contributed by atoms with Crippen molar-refractivity contribution in [1.29, 1.82) is 0 Å². The number of H-pyrrole nitrogens is 1. The van der Waals surface area contributed by atoms with E-state index in [1.165, 1.54) is 49.2 Å². The zero-order chi connectivity index (χ0) is 17.1. The maximum absolute atomic E-state index is 4.37. The number of rotatable bonds is 5. The van der Waals surface area contributed by atoms with Gasteiger partial charge < -0.3 is 15.6 Å². The summed E-state index contributed by atoms with van der Waals surface area (Å²) in [7, 11) is 1.85. The molecule has 1 aromatic heterocycles. The number of aromatic amines is 1. The van der Waals surface area contributed by atoms with Gasteiger partial charge in [0.1, 0.15) is 0 Å². The minimum Gasteiger partial charge on any atom is -0.361 e. The molecular formula is C19H28N6. The van der Waals surface area contributed by atoms with Gasteiger partial charge in [-0.05, 0) is 18.1 Å². The van der Waals surface area contributed by atoms with Gasteiger partial charge in [0.25, 0.3) is 0 Å². The molecular weight excluding hydrogens is 312 g/mol. The molecule has 25 heavy (non-hydrogen) atoms. The van der Waals surface area contributed by atoms with Crippen LogP contribution in [0.4, 0.5) is 0 Å². The number of nitrogens with one attached hydrogen (secondary N) is 3. The lowest BCUT2D eigenvalue weighted by Crippen LogP contribution is -2.63. The van der Waals surface area contributed by atoms with E-state index in [1.807, 2.05) is 7.05 Å². The molecule has 1 unspecified atom stereocenters. The van der Waals surface area contributed by atoms with Crippen LogP contribution < -0.4 is 10.6 Å². The van der Waals surface area contributed by atoms with E-state index in [2.05, 4.69) is 60.9 Å². The van der Waals surface area contributed by atoms with Crippen LogP contribution >= 0.6 is 0 Å². The molecule has 0 aliphatic carbocycles. The highest BCUT2D eigenvalue weighted by Crippen LogP contribution is 2.17. The molecule has 5 rings (SSSR count). The number of para-hydroxylation sites is 1. The highest BCUT2D eigenvalue weighted by atomic mass is 15.4. The summed E-state index contributed by atoms with van der Waals surface area (Å²) in [6, 6.07) is 9.06. The van der Waals surface area contributed by atoms with Crippen molar-refractivity contribution in [3.05, 3.63) is 36.0 Å². The van der Waals surface area contributed by atoms with Crippen LogP contribution in [0.15, 0.2) is 35.5 Å². The van der Waals surface area contributed by atoms with Crippen LogP contribution in [0.25, 0.3) is 10.9 Å². The fourth-order valence-corrected chi connectivity index (χ4v) is 4.01. The number of piperazine rings is 3. The monoisotopic (exact) mass is 340 g/mol. The first-order chi connectivity index (χ1) is 12.3. The lowest BCUT2D eigenvalue weighted by Gasteiger charge is -2.47. The number of nitrogens with zero attached hydrogens (tertiary/aromatic N) is 3. The maximum Gasteiger partial charge on any atom is 0.191 e. The van der Waals surface area contributed by atoms with Gasteiger partial charge in [0.2, 0.25) is 0 Å². The Balaban J connectivity index is 1.25. The number of aromatic nitrogens is 1. The Hall–Kier alpha value is -2.05. The SMILES string of the molecule is CN=C(NCCc1c[nH]c2ccccc12)NCC1CN2CCN1CC2. The predicted octanol–water partition coefficient (Wildman–Crippen LogP) is 0.875. The third-order valence-electron chi connectivity index (χ3n) is 5.48. The lowest BCUT2D eigenvalue weighted by molar-refractivity contribution is 0.0154. The van der Waals surface area contributed by atoms with Crippen molar-refractivity contribution in [2.24, 2.45) is 4.99 Å². The molecule has 0 radical (unpaired) electrons. The number of benzene rings is 1. The van der Waals surface area contributed by atoms with Gasteiger partial charge in [-0.15, -0.1) is 0 Å². The topological polar surface area (TPSA) is 58.7 Å². The molecule has 2 aromatic rings. The Morgan fingerprint density at radius 3 is 2.80 bits per heavy atom. The molecule has 134 valence electrons. The van der Waals surface area contributed by atoms with Crippen molar-refractivity contribution >= 4 is 16.9 Å². The summed E-state index contributed by atoms with van der Waals surface area (Å²) in [6.45, 7) is 7.89. The van der Waals surface area contributed by atoms with E-state index < -0.39 is 0 Å². The van der Waals surface area contributed by atoms with Crippen molar-refractivity contribution in [1.82, 2.24) is 25.4 Å². The van der Waals surface area contributed by atoms with Crippen LogP contribution in [0.3, 0.4) is 0 Å². The number of guanidine groups is 1. The van der Waals surface area contributed by atoms with Crippen LogP contribution in [-0.4, -0.2) is 79.6 Å². The standard InChI is InChI=1S/C19H28N6/c1-20-19(23-13-16-14-24-8-10-25(16)11-9-24)21-7-6-15-12-22-18-5-3-2-4-17(15)18/h2-5,12,16,22H,6-11,13-14H2,1H3,(H2,20,21,23). The summed E-state index contributed by atoms with van der Waals surface area (Å²) in [6.07, 6.45) is 3.09. The third-order valence-corrected chi connectivity index (χ3v) is 5.48. The summed E-state index contributed by atoms with van der Waals surface area (Å²) in [5.41, 5.74) is 2.55. The van der Waals surface area contributed by atoms with Crippen LogP contribution in [0.1, 0.15) is 5.56 Å².